The molecular formula is C20H20N2OS. The third kappa shape index (κ3) is 4.31. The van der Waals surface area contributed by atoms with Crippen LogP contribution in [0, 0.1) is 0 Å². The Balaban J connectivity index is 1.66. The van der Waals surface area contributed by atoms with E-state index in [1.165, 1.54) is 4.88 Å². The van der Waals surface area contributed by atoms with Crippen molar-refractivity contribution in [2.75, 3.05) is 18.9 Å². The first-order chi connectivity index (χ1) is 11.7. The summed E-state index contributed by atoms with van der Waals surface area (Å²) in [6.07, 6.45) is 0. The lowest BCUT2D eigenvalue weighted by Crippen LogP contribution is -2.29. The Kier molecular flexibility index (Phi) is 5.41. The molecule has 4 heteroatoms. The second-order valence-electron chi connectivity index (χ2n) is 5.71. The fraction of sp³-hybridized carbons (Fsp3) is 0.150. The molecule has 0 saturated heterocycles. The van der Waals surface area contributed by atoms with Gasteiger partial charge < -0.3 is 5.32 Å². The number of para-hydroxylation sites is 1. The largest absolute Gasteiger partial charge is 0.324 e. The van der Waals surface area contributed by atoms with Crippen LogP contribution in [0.2, 0.25) is 0 Å². The van der Waals surface area contributed by atoms with Crippen LogP contribution in [0.4, 0.5) is 5.69 Å². The Hall–Kier alpha value is -2.43. The third-order valence-electron chi connectivity index (χ3n) is 3.71. The molecule has 1 N–H and O–H groups in total. The molecule has 0 atom stereocenters. The van der Waals surface area contributed by atoms with Crippen LogP contribution in [0.25, 0.3) is 11.1 Å². The summed E-state index contributed by atoms with van der Waals surface area (Å²) in [7, 11) is 1.96. The summed E-state index contributed by atoms with van der Waals surface area (Å²) in [4.78, 5) is 15.7. The summed E-state index contributed by atoms with van der Waals surface area (Å²) in [5, 5.41) is 5.10. The predicted molar refractivity (Wildman–Crippen MR) is 101 cm³/mol. The lowest BCUT2D eigenvalue weighted by atomic mass is 10.0. The van der Waals surface area contributed by atoms with Crippen LogP contribution in [-0.2, 0) is 11.3 Å². The van der Waals surface area contributed by atoms with E-state index in [4.69, 9.17) is 0 Å². The maximum atomic E-state index is 12.4. The van der Waals surface area contributed by atoms with Gasteiger partial charge in [0.25, 0.3) is 0 Å². The molecule has 0 aliphatic rings. The van der Waals surface area contributed by atoms with Crippen molar-refractivity contribution in [1.82, 2.24) is 4.90 Å². The highest BCUT2D eigenvalue weighted by atomic mass is 32.1. The van der Waals surface area contributed by atoms with Gasteiger partial charge in [-0.25, -0.2) is 0 Å². The van der Waals surface area contributed by atoms with Crippen LogP contribution in [0.15, 0.2) is 72.1 Å². The van der Waals surface area contributed by atoms with Gasteiger partial charge in [-0.05, 0) is 30.1 Å². The highest BCUT2D eigenvalue weighted by Gasteiger charge is 2.11. The molecule has 24 heavy (non-hydrogen) atoms. The second-order valence-corrected chi connectivity index (χ2v) is 6.74. The number of nitrogens with zero attached hydrogens (tertiary/aromatic N) is 1. The summed E-state index contributed by atoms with van der Waals surface area (Å²) in [5.74, 6) is -0.00237. The SMILES string of the molecule is CN(CC(=O)Nc1ccccc1-c1ccccc1)Cc1cccs1. The van der Waals surface area contributed by atoms with Gasteiger partial charge in [-0.15, -0.1) is 11.3 Å². The molecule has 0 saturated carbocycles. The number of amides is 1. The van der Waals surface area contributed by atoms with Gasteiger partial charge >= 0.3 is 0 Å². The van der Waals surface area contributed by atoms with E-state index < -0.39 is 0 Å². The summed E-state index contributed by atoms with van der Waals surface area (Å²) >= 11 is 1.71. The van der Waals surface area contributed by atoms with Crippen LogP contribution in [0.1, 0.15) is 4.88 Å². The number of likely N-dealkylation sites (N-methyl/N-ethyl adjacent to an activating group) is 1. The minimum absolute atomic E-state index is 0.00237. The van der Waals surface area contributed by atoms with Crippen LogP contribution in [0.3, 0.4) is 0 Å². The van der Waals surface area contributed by atoms with E-state index in [2.05, 4.69) is 16.8 Å². The van der Waals surface area contributed by atoms with Crippen molar-refractivity contribution < 1.29 is 4.79 Å². The minimum atomic E-state index is -0.00237. The van der Waals surface area contributed by atoms with E-state index in [0.717, 1.165) is 23.4 Å². The van der Waals surface area contributed by atoms with Crippen LogP contribution >= 0.6 is 11.3 Å². The molecule has 122 valence electrons. The van der Waals surface area contributed by atoms with Crippen molar-refractivity contribution in [1.29, 1.82) is 0 Å². The van der Waals surface area contributed by atoms with Gasteiger partial charge in [-0.1, -0.05) is 54.6 Å². The number of hydrogen-bond donors (Lipinski definition) is 1. The van der Waals surface area contributed by atoms with Gasteiger partial charge in [0.1, 0.15) is 0 Å². The number of anilines is 1. The molecule has 1 amide bonds. The summed E-state index contributed by atoms with van der Waals surface area (Å²) < 4.78 is 0. The number of hydrogen-bond acceptors (Lipinski definition) is 3. The summed E-state index contributed by atoms with van der Waals surface area (Å²) in [6, 6.07) is 22.1. The Morgan fingerprint density at radius 1 is 1.00 bits per heavy atom. The van der Waals surface area contributed by atoms with E-state index >= 15 is 0 Å². The maximum Gasteiger partial charge on any atom is 0.238 e. The molecule has 0 aliphatic carbocycles. The van der Waals surface area contributed by atoms with Gasteiger partial charge in [0.05, 0.1) is 6.54 Å². The first kappa shape index (κ1) is 16.4. The molecule has 0 unspecified atom stereocenters. The number of nitrogens with one attached hydrogen (secondary N) is 1. The van der Waals surface area contributed by atoms with Crippen molar-refractivity contribution in [3.63, 3.8) is 0 Å². The minimum Gasteiger partial charge on any atom is -0.324 e. The zero-order valence-electron chi connectivity index (χ0n) is 13.6. The fourth-order valence-corrected chi connectivity index (χ4v) is 3.40. The van der Waals surface area contributed by atoms with Crippen molar-refractivity contribution in [2.24, 2.45) is 0 Å². The van der Waals surface area contributed by atoms with Crippen molar-refractivity contribution in [2.45, 2.75) is 6.54 Å². The molecule has 0 radical (unpaired) electrons. The van der Waals surface area contributed by atoms with E-state index in [1.807, 2.05) is 72.6 Å². The van der Waals surface area contributed by atoms with E-state index in [1.54, 1.807) is 11.3 Å². The first-order valence-electron chi connectivity index (χ1n) is 7.87. The third-order valence-corrected chi connectivity index (χ3v) is 4.57. The van der Waals surface area contributed by atoms with Gasteiger partial charge in [-0.3, -0.25) is 9.69 Å². The molecule has 1 aromatic heterocycles. The summed E-state index contributed by atoms with van der Waals surface area (Å²) in [6.45, 7) is 1.15. The monoisotopic (exact) mass is 336 g/mol. The molecule has 0 fully saturated rings. The molecule has 3 rings (SSSR count). The maximum absolute atomic E-state index is 12.4. The smallest absolute Gasteiger partial charge is 0.238 e. The molecule has 0 bridgehead atoms. The van der Waals surface area contributed by atoms with Gasteiger partial charge in [0, 0.05) is 22.7 Å². The second kappa shape index (κ2) is 7.90. The molecule has 3 aromatic rings. The van der Waals surface area contributed by atoms with E-state index in [0.29, 0.717) is 6.54 Å². The van der Waals surface area contributed by atoms with E-state index in [-0.39, 0.29) is 5.91 Å². The first-order valence-corrected chi connectivity index (χ1v) is 8.75. The lowest BCUT2D eigenvalue weighted by molar-refractivity contribution is -0.117. The molecule has 0 spiro atoms. The highest BCUT2D eigenvalue weighted by molar-refractivity contribution is 7.09. The molecule has 3 nitrogen and oxygen atoms in total. The topological polar surface area (TPSA) is 32.3 Å². The Morgan fingerprint density at radius 3 is 2.50 bits per heavy atom. The lowest BCUT2D eigenvalue weighted by Gasteiger charge is -2.16. The normalized spacial score (nSPS) is 10.8. The molecular weight excluding hydrogens is 316 g/mol. The predicted octanol–water partition coefficient (Wildman–Crippen LogP) is 4.49. The average Bonchev–Trinajstić information content (AvgIpc) is 3.09. The van der Waals surface area contributed by atoms with Crippen LogP contribution < -0.4 is 5.32 Å². The zero-order valence-corrected chi connectivity index (χ0v) is 14.4. The van der Waals surface area contributed by atoms with Gasteiger partial charge in [-0.2, -0.15) is 0 Å². The Labute approximate surface area is 146 Å². The van der Waals surface area contributed by atoms with E-state index in [9.17, 15) is 4.79 Å². The standard InChI is InChI=1S/C20H20N2OS/c1-22(14-17-10-7-13-24-17)15-20(23)21-19-12-6-5-11-18(19)16-8-3-2-4-9-16/h2-13H,14-15H2,1H3,(H,21,23). The summed E-state index contributed by atoms with van der Waals surface area (Å²) in [5.41, 5.74) is 2.98. The Bertz CT molecular complexity index is 784. The zero-order chi connectivity index (χ0) is 16.8. The van der Waals surface area contributed by atoms with Gasteiger partial charge in [0.15, 0.2) is 0 Å². The molecule has 0 aliphatic heterocycles. The van der Waals surface area contributed by atoms with Crippen molar-refractivity contribution >= 4 is 22.9 Å². The highest BCUT2D eigenvalue weighted by Crippen LogP contribution is 2.27. The number of thiophene rings is 1. The molecule has 2 aromatic carbocycles. The number of benzene rings is 2. The number of carbonyl (C=O) groups excluding carboxylic acids is 1. The van der Waals surface area contributed by atoms with Crippen molar-refractivity contribution in [3.05, 3.63) is 77.0 Å². The number of carbonyl (C=O) groups is 1. The quantitative estimate of drug-likeness (QED) is 0.719. The fourth-order valence-electron chi connectivity index (χ4n) is 2.62. The van der Waals surface area contributed by atoms with Crippen molar-refractivity contribution in [3.8, 4) is 11.1 Å². The van der Waals surface area contributed by atoms with Crippen LogP contribution in [-0.4, -0.2) is 24.4 Å². The molecule has 1 heterocycles. The van der Waals surface area contributed by atoms with Gasteiger partial charge in [0.2, 0.25) is 5.91 Å². The van der Waals surface area contributed by atoms with Crippen LogP contribution in [0.5, 0.6) is 0 Å². The average molecular weight is 336 g/mol. The Morgan fingerprint density at radius 2 is 1.75 bits per heavy atom. The number of rotatable bonds is 6.